The lowest BCUT2D eigenvalue weighted by atomic mass is 10.0. The second kappa shape index (κ2) is 7.58. The van der Waals surface area contributed by atoms with Gasteiger partial charge in [-0.3, -0.25) is 0 Å². The van der Waals surface area contributed by atoms with Gasteiger partial charge in [0, 0.05) is 0 Å². The maximum absolute atomic E-state index is 2.25. The molecule has 98 valence electrons. The molecule has 0 amide bonds. The van der Waals surface area contributed by atoms with E-state index in [2.05, 4.69) is 73.7 Å². The van der Waals surface area contributed by atoms with Crippen LogP contribution in [0.15, 0.2) is 60.7 Å². The number of benzene rings is 2. The van der Waals surface area contributed by atoms with Crippen LogP contribution >= 0.6 is 0 Å². The summed E-state index contributed by atoms with van der Waals surface area (Å²) in [4.78, 5) is 0. The monoisotopic (exact) mass is 250 g/mol. The predicted octanol–water partition coefficient (Wildman–Crippen LogP) is 5.29. The van der Waals surface area contributed by atoms with Gasteiger partial charge in [0.15, 0.2) is 0 Å². The van der Waals surface area contributed by atoms with Gasteiger partial charge in [-0.05, 0) is 49.3 Å². The maximum Gasteiger partial charge on any atom is -0.0260 e. The molecule has 2 rings (SSSR count). The van der Waals surface area contributed by atoms with E-state index in [0.717, 1.165) is 0 Å². The molecule has 2 aromatic carbocycles. The second-order valence-electron chi connectivity index (χ2n) is 4.93. The Hall–Kier alpha value is -1.82. The molecule has 0 heterocycles. The summed E-state index contributed by atoms with van der Waals surface area (Å²) in [5.41, 5.74) is 4.18. The molecule has 0 aliphatic heterocycles. The van der Waals surface area contributed by atoms with E-state index in [9.17, 15) is 0 Å². The van der Waals surface area contributed by atoms with Crippen LogP contribution in [0.1, 0.15) is 36.5 Å². The van der Waals surface area contributed by atoms with Crippen LogP contribution in [0.4, 0.5) is 0 Å². The maximum atomic E-state index is 2.25. The van der Waals surface area contributed by atoms with Gasteiger partial charge in [-0.15, -0.1) is 0 Å². The molecular weight excluding hydrogens is 228 g/mol. The fraction of sp³-hybridized carbons (Fsp3) is 0.263. The Balaban J connectivity index is 1.73. The summed E-state index contributed by atoms with van der Waals surface area (Å²) in [7, 11) is 0. The van der Waals surface area contributed by atoms with E-state index in [1.54, 1.807) is 0 Å². The van der Waals surface area contributed by atoms with Gasteiger partial charge in [-0.25, -0.2) is 0 Å². The summed E-state index contributed by atoms with van der Waals surface area (Å²) < 4.78 is 0. The van der Waals surface area contributed by atoms with Crippen molar-refractivity contribution in [3.05, 3.63) is 77.4 Å². The lowest BCUT2D eigenvalue weighted by Gasteiger charge is -2.03. The third-order valence-electron chi connectivity index (χ3n) is 3.36. The minimum Gasteiger partial charge on any atom is -0.0871 e. The van der Waals surface area contributed by atoms with E-state index >= 15 is 0 Å². The van der Waals surface area contributed by atoms with E-state index in [1.807, 2.05) is 0 Å². The van der Waals surface area contributed by atoms with Crippen molar-refractivity contribution >= 4 is 6.08 Å². The number of hydrogen-bond donors (Lipinski definition) is 0. The highest BCUT2D eigenvalue weighted by Gasteiger charge is 1.95. The average molecular weight is 250 g/mol. The summed E-state index contributed by atoms with van der Waals surface area (Å²) >= 11 is 0. The van der Waals surface area contributed by atoms with Crippen molar-refractivity contribution in [2.24, 2.45) is 0 Å². The normalized spacial score (nSPS) is 11.0. The summed E-state index contributed by atoms with van der Waals surface area (Å²) in [6.45, 7) is 2.05. The van der Waals surface area contributed by atoms with Gasteiger partial charge in [0.2, 0.25) is 0 Å². The standard InChI is InChI=1S/C19H22/c1-2-8-17-13-15-19(16-14-17)12-7-6-11-18-9-4-3-5-10-18/h2-5,8-10,13-16H,6-7,11-12H2,1H3/b8-2+. The van der Waals surface area contributed by atoms with Gasteiger partial charge in [-0.2, -0.15) is 0 Å². The fourth-order valence-corrected chi connectivity index (χ4v) is 2.29. The highest BCUT2D eigenvalue weighted by Crippen LogP contribution is 2.11. The molecule has 0 saturated carbocycles. The number of aryl methyl sites for hydroxylation is 2. The molecule has 0 aliphatic rings. The van der Waals surface area contributed by atoms with E-state index in [-0.39, 0.29) is 0 Å². The van der Waals surface area contributed by atoms with Crippen LogP contribution in [0.25, 0.3) is 6.08 Å². The molecule has 0 spiro atoms. The molecule has 0 aromatic heterocycles. The van der Waals surface area contributed by atoms with Crippen molar-refractivity contribution in [1.82, 2.24) is 0 Å². The van der Waals surface area contributed by atoms with Crippen molar-refractivity contribution in [2.75, 3.05) is 0 Å². The van der Waals surface area contributed by atoms with Crippen molar-refractivity contribution in [1.29, 1.82) is 0 Å². The Bertz CT molecular complexity index is 491. The average Bonchev–Trinajstić information content (AvgIpc) is 2.47. The molecule has 0 radical (unpaired) electrons. The number of unbranched alkanes of at least 4 members (excludes halogenated alkanes) is 1. The first-order valence-corrected chi connectivity index (χ1v) is 7.14. The molecule has 0 saturated heterocycles. The van der Waals surface area contributed by atoms with Crippen LogP contribution in [0.5, 0.6) is 0 Å². The zero-order valence-corrected chi connectivity index (χ0v) is 11.7. The van der Waals surface area contributed by atoms with E-state index in [0.29, 0.717) is 0 Å². The van der Waals surface area contributed by atoms with Gasteiger partial charge in [-0.1, -0.05) is 66.7 Å². The molecular formula is C19H22. The number of hydrogen-bond acceptors (Lipinski definition) is 0. The second-order valence-corrected chi connectivity index (χ2v) is 4.93. The molecule has 0 N–H and O–H groups in total. The third-order valence-corrected chi connectivity index (χ3v) is 3.36. The molecule has 0 fully saturated rings. The van der Waals surface area contributed by atoms with Crippen LogP contribution < -0.4 is 0 Å². The third kappa shape index (κ3) is 4.75. The molecule has 0 heteroatoms. The molecule has 0 unspecified atom stereocenters. The van der Waals surface area contributed by atoms with E-state index in [1.165, 1.54) is 42.4 Å². The molecule has 2 aromatic rings. The Morgan fingerprint density at radius 2 is 1.32 bits per heavy atom. The van der Waals surface area contributed by atoms with Gasteiger partial charge >= 0.3 is 0 Å². The summed E-state index contributed by atoms with van der Waals surface area (Å²) in [5, 5.41) is 0. The summed E-state index contributed by atoms with van der Waals surface area (Å²) in [5.74, 6) is 0. The SMILES string of the molecule is C/C=C/c1ccc(CCCCc2ccccc2)cc1. The van der Waals surface area contributed by atoms with Crippen LogP contribution in [0, 0.1) is 0 Å². The first kappa shape index (κ1) is 13.6. The van der Waals surface area contributed by atoms with Crippen LogP contribution in [-0.2, 0) is 12.8 Å². The van der Waals surface area contributed by atoms with Crippen molar-refractivity contribution in [3.8, 4) is 0 Å². The van der Waals surface area contributed by atoms with E-state index in [4.69, 9.17) is 0 Å². The summed E-state index contributed by atoms with van der Waals surface area (Å²) in [6, 6.07) is 19.6. The molecule has 0 bridgehead atoms. The molecule has 0 aliphatic carbocycles. The topological polar surface area (TPSA) is 0 Å². The highest BCUT2D eigenvalue weighted by atomic mass is 14.0. The first-order chi connectivity index (χ1) is 9.38. The van der Waals surface area contributed by atoms with E-state index < -0.39 is 0 Å². The molecule has 0 nitrogen and oxygen atoms in total. The minimum atomic E-state index is 1.18. The zero-order valence-electron chi connectivity index (χ0n) is 11.7. The quantitative estimate of drug-likeness (QED) is 0.611. The van der Waals surface area contributed by atoms with Gasteiger partial charge in [0.1, 0.15) is 0 Å². The first-order valence-electron chi connectivity index (χ1n) is 7.14. The van der Waals surface area contributed by atoms with Gasteiger partial charge < -0.3 is 0 Å². The van der Waals surface area contributed by atoms with Crippen LogP contribution in [-0.4, -0.2) is 0 Å². The predicted molar refractivity (Wildman–Crippen MR) is 84.2 cm³/mol. The molecule has 0 atom stereocenters. The molecule has 19 heavy (non-hydrogen) atoms. The van der Waals surface area contributed by atoms with Crippen molar-refractivity contribution < 1.29 is 0 Å². The Morgan fingerprint density at radius 3 is 1.89 bits per heavy atom. The highest BCUT2D eigenvalue weighted by molar-refractivity contribution is 5.49. The van der Waals surface area contributed by atoms with Crippen molar-refractivity contribution in [3.63, 3.8) is 0 Å². The summed E-state index contributed by atoms with van der Waals surface area (Å²) in [6.07, 6.45) is 9.12. The van der Waals surface area contributed by atoms with Crippen LogP contribution in [0.2, 0.25) is 0 Å². The zero-order chi connectivity index (χ0) is 13.3. The number of rotatable bonds is 6. The Labute approximate surface area is 116 Å². The fourth-order valence-electron chi connectivity index (χ4n) is 2.29. The van der Waals surface area contributed by atoms with Gasteiger partial charge in [0.05, 0.1) is 0 Å². The van der Waals surface area contributed by atoms with Crippen LogP contribution in [0.3, 0.4) is 0 Å². The van der Waals surface area contributed by atoms with Crippen molar-refractivity contribution in [2.45, 2.75) is 32.6 Å². The largest absolute Gasteiger partial charge is 0.0871 e. The lowest BCUT2D eigenvalue weighted by Crippen LogP contribution is -1.89. The van der Waals surface area contributed by atoms with Gasteiger partial charge in [0.25, 0.3) is 0 Å². The number of allylic oxidation sites excluding steroid dienone is 1. The smallest absolute Gasteiger partial charge is 0.0260 e. The Kier molecular flexibility index (Phi) is 5.43. The Morgan fingerprint density at radius 1 is 0.737 bits per heavy atom. The lowest BCUT2D eigenvalue weighted by molar-refractivity contribution is 0.734. The minimum absolute atomic E-state index is 1.18.